The molecule has 0 aliphatic carbocycles. The van der Waals surface area contributed by atoms with Crippen LogP contribution in [0.5, 0.6) is 5.75 Å². The highest BCUT2D eigenvalue weighted by Gasteiger charge is 2.26. The van der Waals surface area contributed by atoms with Gasteiger partial charge in [0.1, 0.15) is 12.0 Å². The fourth-order valence-corrected chi connectivity index (χ4v) is 3.19. The fourth-order valence-electron chi connectivity index (χ4n) is 1.65. The van der Waals surface area contributed by atoms with Crippen LogP contribution >= 0.6 is 15.9 Å². The standard InChI is InChI=1S/C14H21BrO2Si/c1-14(2,3)11-7-10(9-16)8-12(15)13(11)17-18(4,5)6/h7-9H,1-6H3. The van der Waals surface area contributed by atoms with E-state index in [0.29, 0.717) is 5.56 Å². The lowest BCUT2D eigenvalue weighted by molar-refractivity contribution is 0.112. The molecule has 0 bridgehead atoms. The van der Waals surface area contributed by atoms with Crippen LogP contribution in [0.25, 0.3) is 0 Å². The molecule has 0 saturated carbocycles. The van der Waals surface area contributed by atoms with Gasteiger partial charge in [0.05, 0.1) is 4.47 Å². The van der Waals surface area contributed by atoms with Crippen molar-refractivity contribution in [2.75, 3.05) is 0 Å². The maximum atomic E-state index is 11.0. The summed E-state index contributed by atoms with van der Waals surface area (Å²) in [6, 6.07) is 3.74. The number of hydrogen-bond acceptors (Lipinski definition) is 2. The van der Waals surface area contributed by atoms with Crippen LogP contribution in [0, 0.1) is 0 Å². The van der Waals surface area contributed by atoms with Gasteiger partial charge in [-0.1, -0.05) is 20.8 Å². The summed E-state index contributed by atoms with van der Waals surface area (Å²) in [5, 5.41) is 0. The summed E-state index contributed by atoms with van der Waals surface area (Å²) in [6.07, 6.45) is 0.873. The van der Waals surface area contributed by atoms with Gasteiger partial charge in [-0.3, -0.25) is 4.79 Å². The molecule has 1 aromatic carbocycles. The second-order valence-electron chi connectivity index (χ2n) is 6.46. The van der Waals surface area contributed by atoms with Gasteiger partial charge in [0, 0.05) is 5.56 Å². The van der Waals surface area contributed by atoms with Gasteiger partial charge in [-0.15, -0.1) is 0 Å². The van der Waals surface area contributed by atoms with Crippen LogP contribution in [0.1, 0.15) is 36.7 Å². The van der Waals surface area contributed by atoms with Gasteiger partial charge in [-0.05, 0) is 58.7 Å². The first-order valence-corrected chi connectivity index (χ1v) is 10.2. The molecule has 0 aliphatic heterocycles. The van der Waals surface area contributed by atoms with Crippen LogP contribution in [0.3, 0.4) is 0 Å². The number of aldehydes is 1. The van der Waals surface area contributed by atoms with E-state index < -0.39 is 8.32 Å². The van der Waals surface area contributed by atoms with Crippen LogP contribution in [0.2, 0.25) is 19.6 Å². The largest absolute Gasteiger partial charge is 0.543 e. The minimum atomic E-state index is -1.69. The molecular formula is C14H21BrO2Si. The van der Waals surface area contributed by atoms with Crippen molar-refractivity contribution >= 4 is 30.5 Å². The third-order valence-electron chi connectivity index (χ3n) is 2.42. The van der Waals surface area contributed by atoms with Crippen molar-refractivity contribution < 1.29 is 9.22 Å². The number of rotatable bonds is 3. The molecule has 4 heteroatoms. The quantitative estimate of drug-likeness (QED) is 0.590. The molecule has 0 fully saturated rings. The molecule has 0 radical (unpaired) electrons. The Kier molecular flexibility index (Phi) is 4.44. The van der Waals surface area contributed by atoms with Crippen LogP contribution in [-0.2, 0) is 5.41 Å². The van der Waals surface area contributed by atoms with Crippen molar-refractivity contribution in [2.24, 2.45) is 0 Å². The molecule has 1 aromatic rings. The predicted molar refractivity (Wildman–Crippen MR) is 82.2 cm³/mol. The molecule has 0 aromatic heterocycles. The summed E-state index contributed by atoms with van der Waals surface area (Å²) in [6.45, 7) is 12.8. The summed E-state index contributed by atoms with van der Waals surface area (Å²) in [5.41, 5.74) is 1.69. The highest BCUT2D eigenvalue weighted by molar-refractivity contribution is 9.10. The van der Waals surface area contributed by atoms with Gasteiger partial charge >= 0.3 is 0 Å². The zero-order valence-electron chi connectivity index (χ0n) is 11.9. The number of carbonyl (C=O) groups is 1. The van der Waals surface area contributed by atoms with E-state index in [-0.39, 0.29) is 5.41 Å². The van der Waals surface area contributed by atoms with E-state index in [4.69, 9.17) is 4.43 Å². The molecule has 2 nitrogen and oxygen atoms in total. The van der Waals surface area contributed by atoms with Gasteiger partial charge in [-0.25, -0.2) is 0 Å². The molecule has 0 aliphatic rings. The van der Waals surface area contributed by atoms with Gasteiger partial charge in [-0.2, -0.15) is 0 Å². The Bertz CT molecular complexity index is 456. The fraction of sp³-hybridized carbons (Fsp3) is 0.500. The average molecular weight is 329 g/mol. The minimum absolute atomic E-state index is 0.0590. The Labute approximate surface area is 119 Å². The number of benzene rings is 1. The number of hydrogen-bond donors (Lipinski definition) is 0. The summed E-state index contributed by atoms with van der Waals surface area (Å²) in [4.78, 5) is 11.0. The lowest BCUT2D eigenvalue weighted by Gasteiger charge is -2.28. The van der Waals surface area contributed by atoms with E-state index in [1.807, 2.05) is 12.1 Å². The van der Waals surface area contributed by atoms with E-state index in [1.165, 1.54) is 0 Å². The molecular weight excluding hydrogens is 308 g/mol. The summed E-state index contributed by atoms with van der Waals surface area (Å²) < 4.78 is 7.03. The predicted octanol–water partition coefficient (Wildman–Crippen LogP) is 4.77. The van der Waals surface area contributed by atoms with Gasteiger partial charge in [0.25, 0.3) is 0 Å². The maximum absolute atomic E-state index is 11.0. The molecule has 18 heavy (non-hydrogen) atoms. The van der Waals surface area contributed by atoms with Gasteiger partial charge < -0.3 is 4.43 Å². The average Bonchev–Trinajstić information content (AvgIpc) is 2.17. The Morgan fingerprint density at radius 1 is 1.22 bits per heavy atom. The summed E-state index contributed by atoms with van der Waals surface area (Å²) in [5.74, 6) is 0.882. The summed E-state index contributed by atoms with van der Waals surface area (Å²) >= 11 is 3.52. The second-order valence-corrected chi connectivity index (χ2v) is 11.7. The van der Waals surface area contributed by atoms with E-state index in [9.17, 15) is 4.79 Å². The van der Waals surface area contributed by atoms with Crippen LogP contribution in [0.15, 0.2) is 16.6 Å². The Hall–Kier alpha value is -0.613. The Balaban J connectivity index is 3.43. The van der Waals surface area contributed by atoms with E-state index in [2.05, 4.69) is 56.3 Å². The molecule has 0 spiro atoms. The number of halogens is 1. The zero-order chi connectivity index (χ0) is 14.1. The molecule has 0 atom stereocenters. The molecule has 0 saturated heterocycles. The molecule has 0 amide bonds. The SMILES string of the molecule is CC(C)(C)c1cc(C=O)cc(Br)c1O[Si](C)(C)C. The second kappa shape index (κ2) is 5.17. The lowest BCUT2D eigenvalue weighted by Crippen LogP contribution is -2.31. The summed E-state index contributed by atoms with van der Waals surface area (Å²) in [7, 11) is -1.69. The first-order chi connectivity index (χ1) is 8.04. The zero-order valence-corrected chi connectivity index (χ0v) is 14.5. The van der Waals surface area contributed by atoms with Crippen LogP contribution < -0.4 is 4.43 Å². The molecule has 1 rings (SSSR count). The molecule has 100 valence electrons. The lowest BCUT2D eigenvalue weighted by atomic mass is 9.85. The molecule has 0 unspecified atom stereocenters. The monoisotopic (exact) mass is 328 g/mol. The highest BCUT2D eigenvalue weighted by Crippen LogP contribution is 2.39. The van der Waals surface area contributed by atoms with Gasteiger partial charge in [0.2, 0.25) is 8.32 Å². The van der Waals surface area contributed by atoms with E-state index in [1.54, 1.807) is 0 Å². The Morgan fingerprint density at radius 3 is 2.17 bits per heavy atom. The first kappa shape index (κ1) is 15.4. The Morgan fingerprint density at radius 2 is 1.78 bits per heavy atom. The van der Waals surface area contributed by atoms with Crippen molar-refractivity contribution in [1.29, 1.82) is 0 Å². The van der Waals surface area contributed by atoms with Crippen molar-refractivity contribution in [3.8, 4) is 5.75 Å². The maximum Gasteiger partial charge on any atom is 0.242 e. The van der Waals surface area contributed by atoms with Crippen molar-refractivity contribution in [3.05, 3.63) is 27.7 Å². The smallest absolute Gasteiger partial charge is 0.242 e. The van der Waals surface area contributed by atoms with Gasteiger partial charge in [0.15, 0.2) is 0 Å². The normalized spacial score (nSPS) is 12.4. The molecule has 0 heterocycles. The first-order valence-electron chi connectivity index (χ1n) is 6.03. The van der Waals surface area contributed by atoms with Crippen LogP contribution in [-0.4, -0.2) is 14.6 Å². The highest BCUT2D eigenvalue weighted by atomic mass is 79.9. The van der Waals surface area contributed by atoms with Crippen molar-refractivity contribution in [3.63, 3.8) is 0 Å². The van der Waals surface area contributed by atoms with Crippen LogP contribution in [0.4, 0.5) is 0 Å². The topological polar surface area (TPSA) is 26.3 Å². The molecule has 0 N–H and O–H groups in total. The van der Waals surface area contributed by atoms with Crippen molar-refractivity contribution in [1.82, 2.24) is 0 Å². The van der Waals surface area contributed by atoms with Crippen molar-refractivity contribution in [2.45, 2.75) is 45.8 Å². The third-order valence-corrected chi connectivity index (χ3v) is 3.82. The van der Waals surface area contributed by atoms with E-state index in [0.717, 1.165) is 22.1 Å². The third kappa shape index (κ3) is 3.95. The minimum Gasteiger partial charge on any atom is -0.543 e. The van der Waals surface area contributed by atoms with E-state index >= 15 is 0 Å². The number of carbonyl (C=O) groups excluding carboxylic acids is 1.